The summed E-state index contributed by atoms with van der Waals surface area (Å²) in [5, 5.41) is 2.03. The Morgan fingerprint density at radius 3 is 1.58 bits per heavy atom. The van der Waals surface area contributed by atoms with Crippen LogP contribution in [0.2, 0.25) is 0 Å². The first-order chi connectivity index (χ1) is 31.0. The SMILES string of the molecule is COC(=O)[C@H]1CN(c2ccc(-c3ccc(CN(CCCF)C(=O)OC(C)(C)C)cc3)c(F)c2)C(=O)O1.COC(=O)[C@H]1CN(c2ccc(-c3ccc(C[NH2+]CCCF)cc3)c(F)c2)C(=O)O1.[Cl-]. The van der Waals surface area contributed by atoms with Crippen LogP contribution in [0.4, 0.5) is 43.3 Å². The third kappa shape index (κ3) is 14.1. The minimum atomic E-state index is -1.07. The van der Waals surface area contributed by atoms with E-state index in [-0.39, 0.29) is 57.4 Å². The van der Waals surface area contributed by atoms with E-state index in [1.165, 1.54) is 47.1 Å². The molecule has 2 N–H and O–H groups in total. The summed E-state index contributed by atoms with van der Waals surface area (Å²) in [5.74, 6) is -2.38. The topological polar surface area (TPSA) is 158 Å². The summed E-state index contributed by atoms with van der Waals surface area (Å²) in [6, 6.07) is 23.2. The van der Waals surface area contributed by atoms with E-state index in [4.69, 9.17) is 14.2 Å². The van der Waals surface area contributed by atoms with E-state index in [0.29, 0.717) is 34.4 Å². The van der Waals surface area contributed by atoms with E-state index in [2.05, 4.69) is 9.47 Å². The lowest BCUT2D eigenvalue weighted by Crippen LogP contribution is -3.00. The first kappa shape index (κ1) is 52.2. The molecule has 3 amide bonds. The minimum Gasteiger partial charge on any atom is -1.00 e. The van der Waals surface area contributed by atoms with Gasteiger partial charge in [-0.05, 0) is 80.3 Å². The van der Waals surface area contributed by atoms with Crippen molar-refractivity contribution in [2.75, 3.05) is 63.5 Å². The van der Waals surface area contributed by atoms with Crippen molar-refractivity contribution in [2.24, 2.45) is 0 Å². The van der Waals surface area contributed by atoms with Crippen molar-refractivity contribution >= 4 is 41.6 Å². The molecule has 0 aromatic heterocycles. The molecule has 14 nitrogen and oxygen atoms in total. The molecule has 356 valence electrons. The number of methoxy groups -OCH3 is 2. The van der Waals surface area contributed by atoms with E-state index in [1.807, 2.05) is 29.6 Å². The molecular formula is C47H53ClF4N4O10. The minimum absolute atomic E-state index is 0. The summed E-state index contributed by atoms with van der Waals surface area (Å²) in [4.78, 5) is 63.6. The van der Waals surface area contributed by atoms with Crippen molar-refractivity contribution in [3.63, 3.8) is 0 Å². The summed E-state index contributed by atoms with van der Waals surface area (Å²) in [6.07, 6.45) is -3.38. The second-order valence-electron chi connectivity index (χ2n) is 16.0. The van der Waals surface area contributed by atoms with Crippen molar-refractivity contribution in [1.29, 1.82) is 0 Å². The van der Waals surface area contributed by atoms with Gasteiger partial charge in [-0.15, -0.1) is 0 Å². The molecule has 6 rings (SSSR count). The predicted molar refractivity (Wildman–Crippen MR) is 231 cm³/mol. The number of ether oxygens (including phenoxy) is 5. The van der Waals surface area contributed by atoms with E-state index >= 15 is 0 Å². The van der Waals surface area contributed by atoms with Crippen LogP contribution < -0.4 is 27.5 Å². The zero-order valence-electron chi connectivity index (χ0n) is 37.2. The third-order valence-electron chi connectivity index (χ3n) is 10.1. The van der Waals surface area contributed by atoms with Crippen LogP contribution >= 0.6 is 0 Å². The van der Waals surface area contributed by atoms with Gasteiger partial charge in [0.25, 0.3) is 0 Å². The first-order valence-corrected chi connectivity index (χ1v) is 20.9. The van der Waals surface area contributed by atoms with Crippen LogP contribution in [0.1, 0.15) is 44.7 Å². The van der Waals surface area contributed by atoms with Gasteiger partial charge in [-0.2, -0.15) is 0 Å². The van der Waals surface area contributed by atoms with Gasteiger partial charge in [0.1, 0.15) is 23.8 Å². The number of rotatable bonds is 16. The molecule has 2 atom stereocenters. The van der Waals surface area contributed by atoms with Gasteiger partial charge in [0.15, 0.2) is 0 Å². The number of esters is 2. The number of hydrogen-bond acceptors (Lipinski definition) is 10. The Kier molecular flexibility index (Phi) is 19.2. The standard InChI is InChI=1S/C26H30F2N2O6.C21H22F2N2O4.ClH/c1-26(2,3)36-24(32)29(13-5-12-27)15-17-6-8-18(9-7-17)20-11-10-19(14-21(20)28)30-16-22(23(31)34-4)35-25(30)33;1-28-20(26)19-13-25(21(27)29-19)16-7-8-17(18(23)11-16)15-5-3-14(4-6-15)12-24-10-2-9-22;/h6-11,14,22H,5,12-13,15-16H2,1-4H3;3-8,11,19,24H,2,9-10,12-13H2,1H3;1H/t22-;19-;/m11./s1. The number of quaternary nitrogens is 1. The highest BCUT2D eigenvalue weighted by atomic mass is 35.5. The first-order valence-electron chi connectivity index (χ1n) is 20.9. The Morgan fingerprint density at radius 1 is 0.712 bits per heavy atom. The highest BCUT2D eigenvalue weighted by Crippen LogP contribution is 2.31. The summed E-state index contributed by atoms with van der Waals surface area (Å²) < 4.78 is 79.1. The fraction of sp³-hybridized carbons (Fsp3) is 0.383. The number of halogens is 5. The Hall–Kier alpha value is -6.40. The normalized spacial score (nSPS) is 15.5. The summed E-state index contributed by atoms with van der Waals surface area (Å²) >= 11 is 0. The molecule has 0 unspecified atom stereocenters. The second-order valence-corrected chi connectivity index (χ2v) is 16.0. The number of cyclic esters (lactones) is 2. The van der Waals surface area contributed by atoms with Crippen molar-refractivity contribution in [2.45, 2.75) is 64.5 Å². The van der Waals surface area contributed by atoms with E-state index in [0.717, 1.165) is 24.2 Å². The zero-order valence-corrected chi connectivity index (χ0v) is 38.0. The van der Waals surface area contributed by atoms with Crippen LogP contribution in [-0.4, -0.2) is 107 Å². The van der Waals surface area contributed by atoms with Crippen LogP contribution in [-0.2, 0) is 46.4 Å². The monoisotopic (exact) mass is 944 g/mol. The Balaban J connectivity index is 0.000000290. The van der Waals surface area contributed by atoms with Crippen LogP contribution in [0.15, 0.2) is 84.9 Å². The van der Waals surface area contributed by atoms with Crippen molar-refractivity contribution < 1.29 is 82.9 Å². The average Bonchev–Trinajstić information content (AvgIpc) is 3.88. The molecular weight excluding hydrogens is 892 g/mol. The number of carbonyl (C=O) groups is 5. The number of benzene rings is 4. The molecule has 4 aromatic carbocycles. The van der Waals surface area contributed by atoms with Gasteiger partial charge in [0.05, 0.1) is 58.6 Å². The number of hydrogen-bond donors (Lipinski definition) is 1. The molecule has 2 saturated heterocycles. The van der Waals surface area contributed by atoms with Gasteiger partial charge in [0, 0.05) is 36.2 Å². The summed E-state index contributed by atoms with van der Waals surface area (Å²) in [6.45, 7) is 6.20. The number of carbonyl (C=O) groups excluding carboxylic acids is 5. The molecule has 2 aliphatic heterocycles. The molecule has 0 spiro atoms. The third-order valence-corrected chi connectivity index (χ3v) is 10.1. The Bertz CT molecular complexity index is 2300. The molecule has 66 heavy (non-hydrogen) atoms. The summed E-state index contributed by atoms with van der Waals surface area (Å²) in [7, 11) is 2.40. The van der Waals surface area contributed by atoms with Crippen LogP contribution in [0.5, 0.6) is 0 Å². The van der Waals surface area contributed by atoms with Gasteiger partial charge >= 0.3 is 30.2 Å². The molecule has 2 heterocycles. The fourth-order valence-electron chi connectivity index (χ4n) is 6.80. The zero-order chi connectivity index (χ0) is 47.3. The average molecular weight is 945 g/mol. The Morgan fingerprint density at radius 2 is 1.17 bits per heavy atom. The van der Waals surface area contributed by atoms with E-state index < -0.39 is 66.3 Å². The maximum absolute atomic E-state index is 15.0. The van der Waals surface area contributed by atoms with Gasteiger partial charge in [-0.25, -0.2) is 32.8 Å². The lowest BCUT2D eigenvalue weighted by atomic mass is 10.0. The van der Waals surface area contributed by atoms with Gasteiger partial charge in [-0.1, -0.05) is 48.5 Å². The van der Waals surface area contributed by atoms with Crippen molar-refractivity contribution in [3.8, 4) is 22.3 Å². The molecule has 0 aliphatic carbocycles. The molecule has 0 bridgehead atoms. The number of alkyl halides is 2. The lowest BCUT2D eigenvalue weighted by molar-refractivity contribution is -0.670. The quantitative estimate of drug-likeness (QED) is 0.0735. The van der Waals surface area contributed by atoms with Gasteiger partial charge < -0.3 is 46.3 Å². The predicted octanol–water partition coefficient (Wildman–Crippen LogP) is 4.51. The van der Waals surface area contributed by atoms with Crippen molar-refractivity contribution in [3.05, 3.63) is 108 Å². The lowest BCUT2D eigenvalue weighted by Gasteiger charge is -2.27. The second kappa shape index (κ2) is 24.2. The molecule has 2 fully saturated rings. The molecule has 2 aliphatic rings. The van der Waals surface area contributed by atoms with Crippen LogP contribution in [0.25, 0.3) is 22.3 Å². The molecule has 4 aromatic rings. The van der Waals surface area contributed by atoms with E-state index in [1.54, 1.807) is 63.2 Å². The maximum atomic E-state index is 15.0. The van der Waals surface area contributed by atoms with Gasteiger partial charge in [0.2, 0.25) is 12.2 Å². The largest absolute Gasteiger partial charge is 1.00 e. The van der Waals surface area contributed by atoms with E-state index in [9.17, 15) is 41.5 Å². The Labute approximate surface area is 386 Å². The van der Waals surface area contributed by atoms with Crippen LogP contribution in [0.3, 0.4) is 0 Å². The molecule has 0 saturated carbocycles. The number of nitrogens with two attached hydrogens (primary N) is 1. The number of amides is 3. The molecule has 0 radical (unpaired) electrons. The highest BCUT2D eigenvalue weighted by Gasteiger charge is 2.39. The molecule has 19 heteroatoms. The number of anilines is 2. The van der Waals surface area contributed by atoms with Crippen molar-refractivity contribution in [1.82, 2.24) is 4.90 Å². The summed E-state index contributed by atoms with van der Waals surface area (Å²) in [5.41, 5.74) is 3.73. The fourth-order valence-corrected chi connectivity index (χ4v) is 6.80. The highest BCUT2D eigenvalue weighted by molar-refractivity contribution is 5.95. The van der Waals surface area contributed by atoms with Gasteiger partial charge in [-0.3, -0.25) is 18.6 Å². The smallest absolute Gasteiger partial charge is 0.415 e. The maximum Gasteiger partial charge on any atom is 0.415 e. The number of nitrogens with zero attached hydrogens (tertiary/aromatic N) is 3. The van der Waals surface area contributed by atoms with Crippen LogP contribution in [0, 0.1) is 11.6 Å².